The van der Waals surface area contributed by atoms with Crippen LogP contribution in [0.15, 0.2) is 28.9 Å². The zero-order valence-electron chi connectivity index (χ0n) is 10.3. The summed E-state index contributed by atoms with van der Waals surface area (Å²) in [7, 11) is 0. The summed E-state index contributed by atoms with van der Waals surface area (Å²) in [5.74, 6) is 1.09. The molecule has 3 nitrogen and oxygen atoms in total. The molecule has 3 rings (SSSR count). The van der Waals surface area contributed by atoms with Gasteiger partial charge in [0, 0.05) is 12.1 Å². The van der Waals surface area contributed by atoms with Crippen molar-refractivity contribution in [2.75, 3.05) is 0 Å². The van der Waals surface area contributed by atoms with Crippen LogP contribution in [0.2, 0.25) is 5.15 Å². The van der Waals surface area contributed by atoms with E-state index < -0.39 is 0 Å². The summed E-state index contributed by atoms with van der Waals surface area (Å²) in [6.45, 7) is 0. The molecule has 0 unspecified atom stereocenters. The Balaban J connectivity index is 2.07. The minimum atomic E-state index is 0.470. The second-order valence-corrected chi connectivity index (χ2v) is 5.88. The van der Waals surface area contributed by atoms with Crippen LogP contribution in [-0.2, 0) is 0 Å². The molecule has 2 aromatic heterocycles. The van der Waals surface area contributed by atoms with Gasteiger partial charge in [0.25, 0.3) is 0 Å². The van der Waals surface area contributed by atoms with Crippen molar-refractivity contribution in [2.45, 2.75) is 31.6 Å². The summed E-state index contributed by atoms with van der Waals surface area (Å²) in [5.41, 5.74) is 1.79. The number of hydrogen-bond acceptors (Lipinski definition) is 3. The first-order chi connectivity index (χ1) is 9.25. The summed E-state index contributed by atoms with van der Waals surface area (Å²) >= 11 is 9.74. The molecule has 1 aliphatic rings. The summed E-state index contributed by atoms with van der Waals surface area (Å²) in [6.07, 6.45) is 6.61. The highest BCUT2D eigenvalue weighted by Crippen LogP contribution is 2.39. The minimum Gasteiger partial charge on any atom is -0.253 e. The molecule has 0 bridgehead atoms. The molecule has 1 aliphatic carbocycles. The fourth-order valence-corrected chi connectivity index (χ4v) is 3.19. The van der Waals surface area contributed by atoms with E-state index >= 15 is 0 Å². The summed E-state index contributed by atoms with van der Waals surface area (Å²) in [6, 6.07) is 5.71. The lowest BCUT2D eigenvalue weighted by atomic mass is 10.0. The maximum Gasteiger partial charge on any atom is 0.179 e. The Morgan fingerprint density at radius 3 is 2.63 bits per heavy atom. The molecule has 0 aliphatic heterocycles. The van der Waals surface area contributed by atoms with E-state index in [-0.39, 0.29) is 0 Å². The molecule has 0 amide bonds. The summed E-state index contributed by atoms with van der Waals surface area (Å²) < 4.78 is 0.834. The van der Waals surface area contributed by atoms with E-state index in [0.717, 1.165) is 15.9 Å². The van der Waals surface area contributed by atoms with Gasteiger partial charge in [-0.05, 0) is 40.9 Å². The zero-order chi connectivity index (χ0) is 13.2. The number of rotatable bonds is 2. The molecule has 0 atom stereocenters. The monoisotopic (exact) mass is 337 g/mol. The molecule has 2 aromatic rings. The van der Waals surface area contributed by atoms with Gasteiger partial charge in [-0.2, -0.15) is 0 Å². The highest BCUT2D eigenvalue weighted by molar-refractivity contribution is 9.10. The fourth-order valence-electron chi connectivity index (χ4n) is 2.52. The molecular weight excluding hydrogens is 326 g/mol. The lowest BCUT2D eigenvalue weighted by Crippen LogP contribution is -2.03. The van der Waals surface area contributed by atoms with E-state index in [9.17, 15) is 0 Å². The van der Waals surface area contributed by atoms with Crippen molar-refractivity contribution >= 4 is 27.5 Å². The third-order valence-electron chi connectivity index (χ3n) is 3.47. The van der Waals surface area contributed by atoms with E-state index in [1.165, 1.54) is 25.7 Å². The van der Waals surface area contributed by atoms with E-state index in [2.05, 4.69) is 30.9 Å². The number of aromatic nitrogens is 3. The van der Waals surface area contributed by atoms with Crippen molar-refractivity contribution in [1.29, 1.82) is 0 Å². The Morgan fingerprint density at radius 2 is 1.95 bits per heavy atom. The van der Waals surface area contributed by atoms with Crippen LogP contribution in [0.25, 0.3) is 11.5 Å². The number of halogens is 2. The lowest BCUT2D eigenvalue weighted by Gasteiger charge is -2.13. The zero-order valence-corrected chi connectivity index (χ0v) is 12.7. The SMILES string of the molecule is Clc1nc(-c2ccccn2)nc(C2CCCC2)c1Br. The minimum absolute atomic E-state index is 0.470. The standard InChI is InChI=1S/C14H13BrClN3/c15-11-12(9-5-1-2-6-9)18-14(19-13(11)16)10-7-3-4-8-17-10/h3-4,7-9H,1-2,5-6H2. The van der Waals surface area contributed by atoms with Crippen LogP contribution in [0.1, 0.15) is 37.3 Å². The molecule has 2 heterocycles. The molecular formula is C14H13BrClN3. The topological polar surface area (TPSA) is 38.7 Å². The van der Waals surface area contributed by atoms with Gasteiger partial charge in [0.05, 0.1) is 10.2 Å². The van der Waals surface area contributed by atoms with Crippen molar-refractivity contribution in [3.05, 3.63) is 39.7 Å². The predicted octanol–water partition coefficient (Wildman–Crippen LogP) is 4.61. The van der Waals surface area contributed by atoms with Gasteiger partial charge >= 0.3 is 0 Å². The van der Waals surface area contributed by atoms with Gasteiger partial charge in [-0.1, -0.05) is 30.5 Å². The van der Waals surface area contributed by atoms with Gasteiger partial charge in [-0.15, -0.1) is 0 Å². The second kappa shape index (κ2) is 5.55. The maximum atomic E-state index is 6.22. The van der Waals surface area contributed by atoms with Crippen LogP contribution in [-0.4, -0.2) is 15.0 Å². The molecule has 1 saturated carbocycles. The Labute approximate surface area is 125 Å². The number of pyridine rings is 1. The Hall–Kier alpha value is -1.00. The fraction of sp³-hybridized carbons (Fsp3) is 0.357. The van der Waals surface area contributed by atoms with Crippen LogP contribution in [0.5, 0.6) is 0 Å². The summed E-state index contributed by atoms with van der Waals surface area (Å²) in [5, 5.41) is 0.470. The second-order valence-electron chi connectivity index (χ2n) is 4.73. The van der Waals surface area contributed by atoms with E-state index in [0.29, 0.717) is 16.9 Å². The van der Waals surface area contributed by atoms with Crippen LogP contribution >= 0.6 is 27.5 Å². The van der Waals surface area contributed by atoms with Gasteiger partial charge in [0.15, 0.2) is 5.82 Å². The molecule has 0 aromatic carbocycles. The van der Waals surface area contributed by atoms with Crippen LogP contribution in [0.3, 0.4) is 0 Å². The normalized spacial score (nSPS) is 15.9. The highest BCUT2D eigenvalue weighted by Gasteiger charge is 2.23. The van der Waals surface area contributed by atoms with Gasteiger partial charge in [-0.25, -0.2) is 9.97 Å². The molecule has 1 fully saturated rings. The van der Waals surface area contributed by atoms with E-state index in [4.69, 9.17) is 11.6 Å². The first-order valence-corrected chi connectivity index (χ1v) is 7.57. The third-order valence-corrected chi connectivity index (χ3v) is 4.76. The average Bonchev–Trinajstić information content (AvgIpc) is 2.96. The smallest absolute Gasteiger partial charge is 0.179 e. The number of nitrogens with zero attached hydrogens (tertiary/aromatic N) is 3. The van der Waals surface area contributed by atoms with E-state index in [1.807, 2.05) is 18.2 Å². The van der Waals surface area contributed by atoms with Crippen molar-refractivity contribution in [2.24, 2.45) is 0 Å². The highest BCUT2D eigenvalue weighted by atomic mass is 79.9. The van der Waals surface area contributed by atoms with Gasteiger partial charge in [0.1, 0.15) is 10.8 Å². The van der Waals surface area contributed by atoms with Crippen molar-refractivity contribution in [3.63, 3.8) is 0 Å². The molecule has 5 heteroatoms. The van der Waals surface area contributed by atoms with Crippen LogP contribution in [0, 0.1) is 0 Å². The predicted molar refractivity (Wildman–Crippen MR) is 79.2 cm³/mol. The van der Waals surface area contributed by atoms with Crippen molar-refractivity contribution in [3.8, 4) is 11.5 Å². The number of hydrogen-bond donors (Lipinski definition) is 0. The van der Waals surface area contributed by atoms with Crippen molar-refractivity contribution < 1.29 is 0 Å². The van der Waals surface area contributed by atoms with Crippen molar-refractivity contribution in [1.82, 2.24) is 15.0 Å². The maximum absolute atomic E-state index is 6.22. The molecule has 19 heavy (non-hydrogen) atoms. The van der Waals surface area contributed by atoms with Crippen LogP contribution in [0.4, 0.5) is 0 Å². The van der Waals surface area contributed by atoms with Gasteiger partial charge in [0.2, 0.25) is 0 Å². The first-order valence-electron chi connectivity index (χ1n) is 6.40. The van der Waals surface area contributed by atoms with E-state index in [1.54, 1.807) is 6.20 Å². The average molecular weight is 339 g/mol. The Kier molecular flexibility index (Phi) is 3.80. The van der Waals surface area contributed by atoms with Crippen LogP contribution < -0.4 is 0 Å². The summed E-state index contributed by atoms with van der Waals surface area (Å²) in [4.78, 5) is 13.3. The van der Waals surface area contributed by atoms with Gasteiger partial charge < -0.3 is 0 Å². The van der Waals surface area contributed by atoms with Gasteiger partial charge in [-0.3, -0.25) is 4.98 Å². The Morgan fingerprint density at radius 1 is 1.16 bits per heavy atom. The largest absolute Gasteiger partial charge is 0.253 e. The molecule has 0 N–H and O–H groups in total. The molecule has 0 radical (unpaired) electrons. The molecule has 0 saturated heterocycles. The lowest BCUT2D eigenvalue weighted by molar-refractivity contribution is 0.690. The molecule has 98 valence electrons. The molecule has 0 spiro atoms. The third kappa shape index (κ3) is 2.65. The quantitative estimate of drug-likeness (QED) is 0.750. The Bertz CT molecular complexity index is 583. The first kappa shape index (κ1) is 13.0.